The number of hydrogen-bond acceptors (Lipinski definition) is 3. The first kappa shape index (κ1) is 13.5. The average molecular weight is 280 g/mol. The maximum atomic E-state index is 13.6. The molecule has 1 heterocycles. The van der Waals surface area contributed by atoms with Crippen molar-refractivity contribution >= 4 is 17.4 Å². The van der Waals surface area contributed by atoms with E-state index in [-0.39, 0.29) is 23.6 Å². The van der Waals surface area contributed by atoms with Crippen molar-refractivity contribution in [3.63, 3.8) is 0 Å². The largest absolute Gasteiger partial charge is 0.480 e. The van der Waals surface area contributed by atoms with Gasteiger partial charge in [-0.05, 0) is 35.9 Å². The molecular weight excluding hydrogens is 269 g/mol. The van der Waals surface area contributed by atoms with E-state index in [0.29, 0.717) is 10.6 Å². The summed E-state index contributed by atoms with van der Waals surface area (Å²) in [4.78, 5) is 16.1. The summed E-state index contributed by atoms with van der Waals surface area (Å²) in [7, 11) is 1.43. The molecule has 0 N–H and O–H groups in total. The van der Waals surface area contributed by atoms with Crippen molar-refractivity contribution in [2.45, 2.75) is 6.42 Å². The van der Waals surface area contributed by atoms with Crippen LogP contribution in [-0.2, 0) is 6.42 Å². The van der Waals surface area contributed by atoms with E-state index in [2.05, 4.69) is 4.98 Å². The summed E-state index contributed by atoms with van der Waals surface area (Å²) in [6, 6.07) is 7.35. The second-order valence-corrected chi connectivity index (χ2v) is 4.33. The second-order valence-electron chi connectivity index (χ2n) is 3.90. The van der Waals surface area contributed by atoms with E-state index in [1.165, 1.54) is 31.5 Å². The van der Waals surface area contributed by atoms with Gasteiger partial charge in [0.1, 0.15) is 5.82 Å². The first-order valence-corrected chi connectivity index (χ1v) is 5.95. The SMILES string of the molecule is COc1ncccc1C(=O)Cc1cc(Cl)ccc1F. The Morgan fingerprint density at radius 1 is 1.42 bits per heavy atom. The molecule has 1 aromatic heterocycles. The molecule has 0 atom stereocenters. The minimum atomic E-state index is -0.458. The normalized spacial score (nSPS) is 10.3. The molecule has 0 aliphatic carbocycles. The quantitative estimate of drug-likeness (QED) is 0.806. The molecule has 5 heteroatoms. The molecule has 0 fully saturated rings. The Morgan fingerprint density at radius 2 is 2.21 bits per heavy atom. The van der Waals surface area contributed by atoms with Crippen LogP contribution in [0.15, 0.2) is 36.5 Å². The Hall–Kier alpha value is -1.94. The van der Waals surface area contributed by atoms with Crippen molar-refractivity contribution in [1.29, 1.82) is 0 Å². The van der Waals surface area contributed by atoms with Gasteiger partial charge < -0.3 is 4.74 Å². The number of rotatable bonds is 4. The van der Waals surface area contributed by atoms with Gasteiger partial charge in [0.05, 0.1) is 12.7 Å². The predicted octanol–water partition coefficient (Wildman–Crippen LogP) is 3.31. The van der Waals surface area contributed by atoms with Gasteiger partial charge in [-0.25, -0.2) is 9.37 Å². The first-order valence-electron chi connectivity index (χ1n) is 5.58. The molecule has 0 unspecified atom stereocenters. The number of carbonyl (C=O) groups is 1. The van der Waals surface area contributed by atoms with Gasteiger partial charge in [0.15, 0.2) is 5.78 Å². The van der Waals surface area contributed by atoms with Gasteiger partial charge in [0, 0.05) is 17.6 Å². The van der Waals surface area contributed by atoms with E-state index < -0.39 is 5.82 Å². The van der Waals surface area contributed by atoms with Gasteiger partial charge in [-0.1, -0.05) is 11.6 Å². The summed E-state index contributed by atoms with van der Waals surface area (Å²) >= 11 is 5.79. The second kappa shape index (κ2) is 5.80. The molecule has 0 aliphatic rings. The summed E-state index contributed by atoms with van der Waals surface area (Å²) in [5.41, 5.74) is 0.577. The number of methoxy groups -OCH3 is 1. The van der Waals surface area contributed by atoms with Crippen LogP contribution in [0.5, 0.6) is 5.88 Å². The number of aromatic nitrogens is 1. The monoisotopic (exact) mass is 279 g/mol. The van der Waals surface area contributed by atoms with Crippen LogP contribution in [0.25, 0.3) is 0 Å². The average Bonchev–Trinajstić information content (AvgIpc) is 2.42. The number of benzene rings is 1. The number of nitrogens with zero attached hydrogens (tertiary/aromatic N) is 1. The highest BCUT2D eigenvalue weighted by molar-refractivity contribution is 6.30. The Balaban J connectivity index is 2.28. The summed E-state index contributed by atoms with van der Waals surface area (Å²) in [5, 5.41) is 0.391. The topological polar surface area (TPSA) is 39.2 Å². The molecular formula is C14H11ClFNO2. The van der Waals surface area contributed by atoms with Crippen LogP contribution in [0.4, 0.5) is 4.39 Å². The molecule has 0 spiro atoms. The van der Waals surface area contributed by atoms with E-state index in [9.17, 15) is 9.18 Å². The van der Waals surface area contributed by atoms with Crippen LogP contribution in [-0.4, -0.2) is 17.9 Å². The molecule has 3 nitrogen and oxygen atoms in total. The zero-order valence-corrected chi connectivity index (χ0v) is 10.9. The maximum Gasteiger partial charge on any atom is 0.224 e. The van der Waals surface area contributed by atoms with Gasteiger partial charge in [-0.2, -0.15) is 0 Å². The van der Waals surface area contributed by atoms with Crippen molar-refractivity contribution < 1.29 is 13.9 Å². The third-order valence-electron chi connectivity index (χ3n) is 2.62. The van der Waals surface area contributed by atoms with E-state index in [1.807, 2.05) is 0 Å². The summed E-state index contributed by atoms with van der Waals surface area (Å²) in [5.74, 6) is -0.498. The zero-order valence-electron chi connectivity index (χ0n) is 10.2. The highest BCUT2D eigenvalue weighted by Gasteiger charge is 2.15. The molecule has 2 rings (SSSR count). The van der Waals surface area contributed by atoms with Crippen LogP contribution in [0.1, 0.15) is 15.9 Å². The fourth-order valence-corrected chi connectivity index (χ4v) is 1.91. The molecule has 19 heavy (non-hydrogen) atoms. The van der Waals surface area contributed by atoms with E-state index in [0.717, 1.165) is 0 Å². The van der Waals surface area contributed by atoms with E-state index in [4.69, 9.17) is 16.3 Å². The minimum absolute atomic E-state index is 0.0888. The Kier molecular flexibility index (Phi) is 4.12. The number of carbonyl (C=O) groups excluding carboxylic acids is 1. The van der Waals surface area contributed by atoms with E-state index >= 15 is 0 Å². The molecule has 1 aromatic carbocycles. The van der Waals surface area contributed by atoms with Crippen molar-refractivity contribution in [3.05, 3.63) is 58.5 Å². The Bertz CT molecular complexity index is 616. The Morgan fingerprint density at radius 3 is 2.95 bits per heavy atom. The highest BCUT2D eigenvalue weighted by atomic mass is 35.5. The summed E-state index contributed by atoms with van der Waals surface area (Å²) < 4.78 is 18.6. The summed E-state index contributed by atoms with van der Waals surface area (Å²) in [6.45, 7) is 0. The lowest BCUT2D eigenvalue weighted by atomic mass is 10.0. The van der Waals surface area contributed by atoms with Crippen LogP contribution in [0.3, 0.4) is 0 Å². The number of Topliss-reactive ketones (excluding diaryl/α,β-unsaturated/α-hetero) is 1. The van der Waals surface area contributed by atoms with Crippen molar-refractivity contribution in [3.8, 4) is 5.88 Å². The lowest BCUT2D eigenvalue weighted by Gasteiger charge is -2.07. The van der Waals surface area contributed by atoms with Gasteiger partial charge in [-0.15, -0.1) is 0 Å². The number of ether oxygens (including phenoxy) is 1. The van der Waals surface area contributed by atoms with Crippen LogP contribution < -0.4 is 4.74 Å². The van der Waals surface area contributed by atoms with Crippen LogP contribution in [0.2, 0.25) is 5.02 Å². The number of halogens is 2. The molecule has 0 saturated carbocycles. The molecule has 2 aromatic rings. The molecule has 0 bridgehead atoms. The van der Waals surface area contributed by atoms with E-state index in [1.54, 1.807) is 12.1 Å². The van der Waals surface area contributed by atoms with Crippen molar-refractivity contribution in [2.24, 2.45) is 0 Å². The van der Waals surface area contributed by atoms with Crippen LogP contribution in [0, 0.1) is 5.82 Å². The Labute approximate surface area is 115 Å². The predicted molar refractivity (Wildman–Crippen MR) is 70.2 cm³/mol. The molecule has 0 saturated heterocycles. The van der Waals surface area contributed by atoms with Crippen molar-refractivity contribution in [2.75, 3.05) is 7.11 Å². The minimum Gasteiger partial charge on any atom is -0.480 e. The third-order valence-corrected chi connectivity index (χ3v) is 2.86. The molecule has 0 amide bonds. The molecule has 98 valence electrons. The smallest absolute Gasteiger partial charge is 0.224 e. The first-order chi connectivity index (χ1) is 9.11. The summed E-state index contributed by atoms with van der Waals surface area (Å²) in [6.07, 6.45) is 1.43. The third kappa shape index (κ3) is 3.09. The van der Waals surface area contributed by atoms with Gasteiger partial charge in [0.25, 0.3) is 0 Å². The zero-order chi connectivity index (χ0) is 13.8. The van der Waals surface area contributed by atoms with Crippen molar-refractivity contribution in [1.82, 2.24) is 4.98 Å². The fourth-order valence-electron chi connectivity index (χ4n) is 1.71. The molecule has 0 radical (unpaired) electrons. The van der Waals surface area contributed by atoms with Crippen LogP contribution >= 0.6 is 11.6 Å². The fraction of sp³-hybridized carbons (Fsp3) is 0.143. The standard InChI is InChI=1S/C14H11ClFNO2/c1-19-14-11(3-2-6-17-14)13(18)8-9-7-10(15)4-5-12(9)16/h2-7H,8H2,1H3. The highest BCUT2D eigenvalue weighted by Crippen LogP contribution is 2.20. The lowest BCUT2D eigenvalue weighted by molar-refractivity contribution is 0.0988. The maximum absolute atomic E-state index is 13.6. The lowest BCUT2D eigenvalue weighted by Crippen LogP contribution is -2.08. The number of pyridine rings is 1. The molecule has 0 aliphatic heterocycles. The number of hydrogen-bond donors (Lipinski definition) is 0. The number of ketones is 1. The van der Waals surface area contributed by atoms with Gasteiger partial charge in [-0.3, -0.25) is 4.79 Å². The van der Waals surface area contributed by atoms with Gasteiger partial charge in [0.2, 0.25) is 5.88 Å². The van der Waals surface area contributed by atoms with Gasteiger partial charge >= 0.3 is 0 Å².